The molecule has 1 aromatic rings. The summed E-state index contributed by atoms with van der Waals surface area (Å²) in [6.07, 6.45) is 6.07. The zero-order valence-electron chi connectivity index (χ0n) is 11.4. The molecule has 1 aliphatic rings. The van der Waals surface area contributed by atoms with E-state index < -0.39 is 0 Å². The molecule has 2 rings (SSSR count). The number of aromatic nitrogens is 4. The lowest BCUT2D eigenvalue weighted by atomic mass is 9.82. The molecule has 1 heterocycles. The third kappa shape index (κ3) is 3.49. The molecule has 1 N–H and O–H groups in total. The molecular weight excluding hydrogens is 230 g/mol. The zero-order chi connectivity index (χ0) is 12.8. The van der Waals surface area contributed by atoms with Crippen LogP contribution in [0.2, 0.25) is 0 Å². The number of nitrogens with zero attached hydrogens (tertiary/aromatic N) is 4. The number of aryl methyl sites for hydroxylation is 1. The molecule has 1 fully saturated rings. The van der Waals surface area contributed by atoms with Gasteiger partial charge < -0.3 is 10.1 Å². The van der Waals surface area contributed by atoms with E-state index in [0.29, 0.717) is 5.41 Å². The third-order valence-electron chi connectivity index (χ3n) is 3.73. The third-order valence-corrected chi connectivity index (χ3v) is 3.73. The molecule has 0 aromatic carbocycles. The first-order valence-corrected chi connectivity index (χ1v) is 6.67. The monoisotopic (exact) mass is 253 g/mol. The molecule has 0 radical (unpaired) electrons. The van der Waals surface area contributed by atoms with Crippen molar-refractivity contribution in [1.82, 2.24) is 25.5 Å². The van der Waals surface area contributed by atoms with Gasteiger partial charge in [0.15, 0.2) is 5.82 Å². The number of rotatable bonds is 7. The van der Waals surface area contributed by atoms with E-state index in [9.17, 15) is 0 Å². The van der Waals surface area contributed by atoms with Gasteiger partial charge in [-0.1, -0.05) is 12.8 Å². The molecule has 0 unspecified atom stereocenters. The van der Waals surface area contributed by atoms with Gasteiger partial charge >= 0.3 is 0 Å². The van der Waals surface area contributed by atoms with Crippen LogP contribution in [-0.4, -0.2) is 47.0 Å². The summed E-state index contributed by atoms with van der Waals surface area (Å²) in [5, 5.41) is 15.8. The summed E-state index contributed by atoms with van der Waals surface area (Å²) in [4.78, 5) is 1.54. The highest BCUT2D eigenvalue weighted by atomic mass is 16.5. The molecule has 102 valence electrons. The van der Waals surface area contributed by atoms with Crippen LogP contribution >= 0.6 is 0 Å². The second kappa shape index (κ2) is 6.24. The Kier molecular flexibility index (Phi) is 4.66. The first-order chi connectivity index (χ1) is 8.74. The highest BCUT2D eigenvalue weighted by molar-refractivity contribution is 4.95. The summed E-state index contributed by atoms with van der Waals surface area (Å²) in [5.41, 5.74) is 0.316. The van der Waals surface area contributed by atoms with E-state index in [4.69, 9.17) is 4.74 Å². The average molecular weight is 253 g/mol. The first-order valence-electron chi connectivity index (χ1n) is 6.67. The van der Waals surface area contributed by atoms with Crippen LogP contribution in [0, 0.1) is 5.41 Å². The summed E-state index contributed by atoms with van der Waals surface area (Å²) in [5.74, 6) is 0.868. The number of tetrazole rings is 1. The minimum Gasteiger partial charge on any atom is -0.383 e. The van der Waals surface area contributed by atoms with Gasteiger partial charge in [0.2, 0.25) is 0 Å². The molecule has 6 nitrogen and oxygen atoms in total. The Labute approximate surface area is 108 Å². The summed E-state index contributed by atoms with van der Waals surface area (Å²) >= 11 is 0. The van der Waals surface area contributed by atoms with Crippen molar-refractivity contribution in [3.63, 3.8) is 0 Å². The highest BCUT2D eigenvalue weighted by Crippen LogP contribution is 2.39. The topological polar surface area (TPSA) is 64.9 Å². The fourth-order valence-corrected chi connectivity index (χ4v) is 2.80. The van der Waals surface area contributed by atoms with E-state index >= 15 is 0 Å². The SMILES string of the molecule is COCCNCC1(Cc2nnn(C)n2)CCCC1. The van der Waals surface area contributed by atoms with Gasteiger partial charge in [-0.2, -0.15) is 4.80 Å². The highest BCUT2D eigenvalue weighted by Gasteiger charge is 2.34. The second-order valence-electron chi connectivity index (χ2n) is 5.25. The van der Waals surface area contributed by atoms with E-state index in [1.807, 2.05) is 7.05 Å². The first kappa shape index (κ1) is 13.4. The number of hydrogen-bond acceptors (Lipinski definition) is 5. The largest absolute Gasteiger partial charge is 0.383 e. The van der Waals surface area contributed by atoms with Gasteiger partial charge in [-0.05, 0) is 23.5 Å². The van der Waals surface area contributed by atoms with Crippen molar-refractivity contribution >= 4 is 0 Å². The van der Waals surface area contributed by atoms with E-state index in [1.54, 1.807) is 7.11 Å². The Morgan fingerprint density at radius 2 is 2.17 bits per heavy atom. The lowest BCUT2D eigenvalue weighted by Crippen LogP contribution is -2.35. The molecule has 1 saturated carbocycles. The van der Waals surface area contributed by atoms with E-state index in [0.717, 1.165) is 31.9 Å². The second-order valence-corrected chi connectivity index (χ2v) is 5.25. The molecule has 0 saturated heterocycles. The fraction of sp³-hybridized carbons (Fsp3) is 0.917. The maximum atomic E-state index is 5.06. The summed E-state index contributed by atoms with van der Waals surface area (Å²) in [6.45, 7) is 2.69. The van der Waals surface area contributed by atoms with Crippen LogP contribution in [0.1, 0.15) is 31.5 Å². The molecular formula is C12H23N5O. The summed E-state index contributed by atoms with van der Waals surface area (Å²) in [6, 6.07) is 0. The Bertz CT molecular complexity index is 359. The summed E-state index contributed by atoms with van der Waals surface area (Å²) in [7, 11) is 3.55. The van der Waals surface area contributed by atoms with E-state index in [-0.39, 0.29) is 0 Å². The van der Waals surface area contributed by atoms with Crippen LogP contribution in [0.3, 0.4) is 0 Å². The summed E-state index contributed by atoms with van der Waals surface area (Å²) < 4.78 is 5.06. The standard InChI is InChI=1S/C12H23N5O/c1-17-15-11(14-16-17)9-12(5-3-4-6-12)10-13-7-8-18-2/h13H,3-10H2,1-2H3. The maximum absolute atomic E-state index is 5.06. The minimum atomic E-state index is 0.316. The van der Waals surface area contributed by atoms with E-state index in [1.165, 1.54) is 30.5 Å². The zero-order valence-corrected chi connectivity index (χ0v) is 11.4. The number of ether oxygens (including phenoxy) is 1. The molecule has 0 spiro atoms. The van der Waals surface area contributed by atoms with Crippen LogP contribution in [0.25, 0.3) is 0 Å². The quantitative estimate of drug-likeness (QED) is 0.719. The maximum Gasteiger partial charge on any atom is 0.175 e. The number of methoxy groups -OCH3 is 1. The minimum absolute atomic E-state index is 0.316. The normalized spacial score (nSPS) is 18.3. The van der Waals surface area contributed by atoms with Crippen LogP contribution in [0.15, 0.2) is 0 Å². The number of hydrogen-bond donors (Lipinski definition) is 1. The van der Waals surface area contributed by atoms with Crippen molar-refractivity contribution in [1.29, 1.82) is 0 Å². The lowest BCUT2D eigenvalue weighted by Gasteiger charge is -2.28. The van der Waals surface area contributed by atoms with Gasteiger partial charge in [-0.25, -0.2) is 0 Å². The van der Waals surface area contributed by atoms with Crippen LogP contribution in [0.4, 0.5) is 0 Å². The van der Waals surface area contributed by atoms with Crippen molar-refractivity contribution in [3.8, 4) is 0 Å². The van der Waals surface area contributed by atoms with Crippen molar-refractivity contribution < 1.29 is 4.74 Å². The van der Waals surface area contributed by atoms with Gasteiger partial charge in [-0.15, -0.1) is 10.2 Å². The van der Waals surface area contributed by atoms with Gasteiger partial charge in [0.05, 0.1) is 13.7 Å². The molecule has 0 atom stereocenters. The van der Waals surface area contributed by atoms with Crippen molar-refractivity contribution in [3.05, 3.63) is 5.82 Å². The predicted octanol–water partition coefficient (Wildman–Crippen LogP) is 0.549. The predicted molar refractivity (Wildman–Crippen MR) is 68.1 cm³/mol. The van der Waals surface area contributed by atoms with Gasteiger partial charge in [0, 0.05) is 26.6 Å². The Balaban J connectivity index is 1.89. The molecule has 6 heteroatoms. The fourth-order valence-electron chi connectivity index (χ4n) is 2.80. The molecule has 0 amide bonds. The molecule has 1 aromatic heterocycles. The smallest absolute Gasteiger partial charge is 0.175 e. The van der Waals surface area contributed by atoms with Crippen molar-refractivity contribution in [2.45, 2.75) is 32.1 Å². The van der Waals surface area contributed by atoms with Crippen LogP contribution < -0.4 is 5.32 Å². The molecule has 1 aliphatic carbocycles. The van der Waals surface area contributed by atoms with Gasteiger partial charge in [-0.3, -0.25) is 0 Å². The van der Waals surface area contributed by atoms with Gasteiger partial charge in [0.25, 0.3) is 0 Å². The Morgan fingerprint density at radius 1 is 1.39 bits per heavy atom. The van der Waals surface area contributed by atoms with Crippen LogP contribution in [-0.2, 0) is 18.2 Å². The Hall–Kier alpha value is -1.01. The van der Waals surface area contributed by atoms with Gasteiger partial charge in [0.1, 0.15) is 0 Å². The average Bonchev–Trinajstić information content (AvgIpc) is 2.96. The molecule has 18 heavy (non-hydrogen) atoms. The van der Waals surface area contributed by atoms with Crippen LogP contribution in [0.5, 0.6) is 0 Å². The number of nitrogens with one attached hydrogen (secondary N) is 1. The van der Waals surface area contributed by atoms with Crippen molar-refractivity contribution in [2.75, 3.05) is 26.8 Å². The Morgan fingerprint density at radius 3 is 2.78 bits per heavy atom. The lowest BCUT2D eigenvalue weighted by molar-refractivity contribution is 0.189. The molecule has 0 aliphatic heterocycles. The molecule has 0 bridgehead atoms. The van der Waals surface area contributed by atoms with E-state index in [2.05, 4.69) is 20.7 Å². The van der Waals surface area contributed by atoms with Crippen molar-refractivity contribution in [2.24, 2.45) is 12.5 Å².